The normalized spacial score (nSPS) is 16.7. The summed E-state index contributed by atoms with van der Waals surface area (Å²) in [4.78, 5) is 13.8. The second-order valence-corrected chi connectivity index (χ2v) is 7.47. The number of nitrogens with zero attached hydrogens (tertiary/aromatic N) is 3. The summed E-state index contributed by atoms with van der Waals surface area (Å²) in [5, 5.41) is 7.84. The third-order valence-corrected chi connectivity index (χ3v) is 4.27. The number of likely N-dealkylation sites (N-methyl/N-ethyl adjacent to an activating group) is 1. The molecule has 1 amide bonds. The summed E-state index contributed by atoms with van der Waals surface area (Å²) in [7, 11) is 1.74. The van der Waals surface area contributed by atoms with E-state index in [4.69, 9.17) is 9.47 Å². The Labute approximate surface area is 154 Å². The summed E-state index contributed by atoms with van der Waals surface area (Å²) in [6, 6.07) is 8.14. The van der Waals surface area contributed by atoms with Crippen LogP contribution in [-0.4, -0.2) is 47.0 Å². The van der Waals surface area contributed by atoms with E-state index in [1.54, 1.807) is 24.3 Å². The molecule has 26 heavy (non-hydrogen) atoms. The van der Waals surface area contributed by atoms with E-state index in [2.05, 4.69) is 22.3 Å². The zero-order valence-corrected chi connectivity index (χ0v) is 15.7. The van der Waals surface area contributed by atoms with E-state index in [9.17, 15) is 4.79 Å². The average molecular weight is 355 g/mol. The van der Waals surface area contributed by atoms with E-state index in [0.29, 0.717) is 13.2 Å². The fraction of sp³-hybridized carbons (Fsp3) is 0.450. The van der Waals surface area contributed by atoms with Gasteiger partial charge >= 0.3 is 6.09 Å². The molecule has 2 aromatic rings. The van der Waals surface area contributed by atoms with Crippen LogP contribution in [0.5, 0.6) is 0 Å². The van der Waals surface area contributed by atoms with Crippen molar-refractivity contribution in [2.24, 2.45) is 0 Å². The third-order valence-electron chi connectivity index (χ3n) is 4.27. The molecule has 0 spiro atoms. The van der Waals surface area contributed by atoms with Gasteiger partial charge in [0.2, 0.25) is 0 Å². The quantitative estimate of drug-likeness (QED) is 0.841. The van der Waals surface area contributed by atoms with Gasteiger partial charge in [0.1, 0.15) is 11.7 Å². The number of carbonyl (C=O) groups is 1. The van der Waals surface area contributed by atoms with Crippen LogP contribution in [0, 0.1) is 0 Å². The lowest BCUT2D eigenvalue weighted by Gasteiger charge is -2.32. The first-order valence-corrected chi connectivity index (χ1v) is 8.80. The van der Waals surface area contributed by atoms with Crippen LogP contribution < -0.4 is 0 Å². The molecule has 1 unspecified atom stereocenters. The summed E-state index contributed by atoms with van der Waals surface area (Å²) in [6.07, 6.45) is 3.78. The van der Waals surface area contributed by atoms with Crippen molar-refractivity contribution in [2.75, 3.05) is 20.2 Å². The Kier molecular flexibility index (Phi) is 5.23. The van der Waals surface area contributed by atoms with Crippen molar-refractivity contribution in [2.45, 2.75) is 38.9 Å². The summed E-state index contributed by atoms with van der Waals surface area (Å²) >= 11 is 0. The van der Waals surface area contributed by atoms with Crippen molar-refractivity contribution in [1.82, 2.24) is 15.1 Å². The second-order valence-electron chi connectivity index (χ2n) is 7.47. The van der Waals surface area contributed by atoms with Crippen LogP contribution in [0.25, 0.3) is 11.1 Å². The molecule has 1 atom stereocenters. The van der Waals surface area contributed by atoms with Crippen molar-refractivity contribution in [3.63, 3.8) is 0 Å². The first kappa shape index (κ1) is 18.3. The maximum absolute atomic E-state index is 12.3. The Morgan fingerprint density at radius 2 is 2.12 bits per heavy atom. The third kappa shape index (κ3) is 4.19. The van der Waals surface area contributed by atoms with Crippen LogP contribution in [0.1, 0.15) is 38.0 Å². The minimum absolute atomic E-state index is 0.175. The minimum atomic E-state index is -0.516. The number of ether oxygens (including phenoxy) is 2. The van der Waals surface area contributed by atoms with E-state index >= 15 is 0 Å². The minimum Gasteiger partial charge on any atom is -0.444 e. The molecule has 6 nitrogen and oxygen atoms in total. The highest BCUT2D eigenvalue weighted by Gasteiger charge is 2.27. The van der Waals surface area contributed by atoms with E-state index in [-0.39, 0.29) is 12.2 Å². The maximum atomic E-state index is 12.3. The SMILES string of the molecule is CN(CC1OCCc2c(-c3ccnnc3)cccc21)C(=O)OC(C)(C)C. The molecule has 1 aliphatic heterocycles. The van der Waals surface area contributed by atoms with Crippen molar-refractivity contribution in [3.05, 3.63) is 47.8 Å². The standard InChI is InChI=1S/C20H25N3O3/c1-20(2,3)26-19(24)23(4)13-18-17-7-5-6-15(16(17)9-11-25-18)14-8-10-21-22-12-14/h5-8,10,12,18H,9,11,13H2,1-4H3. The van der Waals surface area contributed by atoms with Crippen molar-refractivity contribution in [3.8, 4) is 11.1 Å². The van der Waals surface area contributed by atoms with Gasteiger partial charge in [-0.15, -0.1) is 0 Å². The fourth-order valence-corrected chi connectivity index (χ4v) is 3.11. The Bertz CT molecular complexity index is 772. The number of aromatic nitrogens is 2. The maximum Gasteiger partial charge on any atom is 0.410 e. The summed E-state index contributed by atoms with van der Waals surface area (Å²) < 4.78 is 11.4. The number of benzene rings is 1. The molecule has 6 heteroatoms. The summed E-state index contributed by atoms with van der Waals surface area (Å²) in [5.41, 5.74) is 4.02. The van der Waals surface area contributed by atoms with Gasteiger partial charge in [-0.2, -0.15) is 10.2 Å². The molecule has 0 bridgehead atoms. The van der Waals surface area contributed by atoms with Crippen molar-refractivity contribution < 1.29 is 14.3 Å². The average Bonchev–Trinajstić information content (AvgIpc) is 2.61. The highest BCUT2D eigenvalue weighted by molar-refractivity contribution is 5.69. The van der Waals surface area contributed by atoms with Gasteiger partial charge in [0.05, 0.1) is 25.5 Å². The molecule has 1 aromatic heterocycles. The van der Waals surface area contributed by atoms with E-state index in [1.165, 1.54) is 5.56 Å². The summed E-state index contributed by atoms with van der Waals surface area (Å²) in [6.45, 7) is 6.65. The number of fused-ring (bicyclic) bond motifs is 1. The Morgan fingerprint density at radius 3 is 2.81 bits per heavy atom. The van der Waals surface area contributed by atoms with Crippen LogP contribution in [0.15, 0.2) is 36.7 Å². The molecule has 2 heterocycles. The lowest BCUT2D eigenvalue weighted by atomic mass is 9.90. The van der Waals surface area contributed by atoms with E-state index < -0.39 is 5.60 Å². The van der Waals surface area contributed by atoms with Crippen molar-refractivity contribution in [1.29, 1.82) is 0 Å². The van der Waals surface area contributed by atoms with Gasteiger partial charge in [-0.1, -0.05) is 18.2 Å². The molecule has 0 aliphatic carbocycles. The monoisotopic (exact) mass is 355 g/mol. The van der Waals surface area contributed by atoms with E-state index in [0.717, 1.165) is 23.1 Å². The molecule has 3 rings (SSSR count). The number of carbonyl (C=O) groups excluding carboxylic acids is 1. The Hall–Kier alpha value is -2.47. The molecule has 0 saturated carbocycles. The first-order chi connectivity index (χ1) is 12.3. The van der Waals surface area contributed by atoms with Crippen LogP contribution in [-0.2, 0) is 15.9 Å². The van der Waals surface area contributed by atoms with Gasteiger partial charge in [-0.25, -0.2) is 4.79 Å². The molecule has 0 saturated heterocycles. The van der Waals surface area contributed by atoms with Crippen LogP contribution in [0.3, 0.4) is 0 Å². The predicted octanol–water partition coefficient (Wildman–Crippen LogP) is 3.62. The molecular formula is C20H25N3O3. The van der Waals surface area contributed by atoms with Crippen LogP contribution in [0.4, 0.5) is 4.79 Å². The van der Waals surface area contributed by atoms with Gasteiger partial charge < -0.3 is 14.4 Å². The fourth-order valence-electron chi connectivity index (χ4n) is 3.11. The van der Waals surface area contributed by atoms with Crippen LogP contribution >= 0.6 is 0 Å². The lowest BCUT2D eigenvalue weighted by Crippen LogP contribution is -2.38. The second kappa shape index (κ2) is 7.41. The number of hydrogen-bond donors (Lipinski definition) is 0. The molecule has 0 radical (unpaired) electrons. The van der Waals surface area contributed by atoms with Crippen LogP contribution in [0.2, 0.25) is 0 Å². The van der Waals surface area contributed by atoms with Crippen molar-refractivity contribution >= 4 is 6.09 Å². The summed E-state index contributed by atoms with van der Waals surface area (Å²) in [5.74, 6) is 0. The van der Waals surface area contributed by atoms with Gasteiger partial charge in [0, 0.05) is 12.6 Å². The molecule has 138 valence electrons. The lowest BCUT2D eigenvalue weighted by molar-refractivity contribution is -0.00157. The molecular weight excluding hydrogens is 330 g/mol. The molecule has 0 fully saturated rings. The number of amides is 1. The number of hydrogen-bond acceptors (Lipinski definition) is 5. The first-order valence-electron chi connectivity index (χ1n) is 8.80. The van der Waals surface area contributed by atoms with Gasteiger partial charge in [-0.3, -0.25) is 0 Å². The predicted molar refractivity (Wildman–Crippen MR) is 98.7 cm³/mol. The number of rotatable bonds is 3. The smallest absolute Gasteiger partial charge is 0.410 e. The zero-order valence-electron chi connectivity index (χ0n) is 15.7. The zero-order chi connectivity index (χ0) is 18.7. The largest absolute Gasteiger partial charge is 0.444 e. The van der Waals surface area contributed by atoms with Gasteiger partial charge in [-0.05, 0) is 49.9 Å². The highest BCUT2D eigenvalue weighted by Crippen LogP contribution is 2.34. The molecule has 1 aliphatic rings. The molecule has 1 aromatic carbocycles. The Balaban J connectivity index is 1.83. The molecule has 0 N–H and O–H groups in total. The Morgan fingerprint density at radius 1 is 1.31 bits per heavy atom. The highest BCUT2D eigenvalue weighted by atomic mass is 16.6. The van der Waals surface area contributed by atoms with E-state index in [1.807, 2.05) is 32.9 Å². The van der Waals surface area contributed by atoms with Gasteiger partial charge in [0.15, 0.2) is 0 Å². The topological polar surface area (TPSA) is 64.5 Å². The van der Waals surface area contributed by atoms with Gasteiger partial charge in [0.25, 0.3) is 0 Å².